The van der Waals surface area contributed by atoms with Gasteiger partial charge in [0.05, 0.1) is 18.1 Å². The lowest BCUT2D eigenvalue weighted by Gasteiger charge is -2.36. The standard InChI is InChI=1S/C7H11NO2/c1-3-5-6(4(2)9)7(10)8-5/h3-6,9H,1H2,2H3,(H,8,10)/t4-,5?,6?/m1/s1. The minimum absolute atomic E-state index is 0.0347. The first-order valence-corrected chi connectivity index (χ1v) is 3.28. The molecule has 2 unspecified atom stereocenters. The van der Waals surface area contributed by atoms with Crippen LogP contribution in [0.3, 0.4) is 0 Å². The Kier molecular flexibility index (Phi) is 1.76. The molecule has 1 rings (SSSR count). The zero-order chi connectivity index (χ0) is 7.72. The quantitative estimate of drug-likeness (QED) is 0.408. The predicted octanol–water partition coefficient (Wildman–Crippen LogP) is -0.332. The monoisotopic (exact) mass is 141 g/mol. The molecule has 0 saturated carbocycles. The molecule has 0 radical (unpaired) electrons. The van der Waals surface area contributed by atoms with Gasteiger partial charge in [-0.3, -0.25) is 4.79 Å². The van der Waals surface area contributed by atoms with Gasteiger partial charge in [-0.25, -0.2) is 0 Å². The molecular weight excluding hydrogens is 130 g/mol. The van der Waals surface area contributed by atoms with Crippen LogP contribution in [-0.4, -0.2) is 23.2 Å². The number of aliphatic hydroxyl groups is 1. The number of carbonyl (C=O) groups excluding carboxylic acids is 1. The summed E-state index contributed by atoms with van der Waals surface area (Å²) >= 11 is 0. The van der Waals surface area contributed by atoms with Crippen molar-refractivity contribution in [3.05, 3.63) is 12.7 Å². The van der Waals surface area contributed by atoms with Crippen molar-refractivity contribution in [1.29, 1.82) is 0 Å². The van der Waals surface area contributed by atoms with Crippen molar-refractivity contribution in [3.63, 3.8) is 0 Å². The van der Waals surface area contributed by atoms with Gasteiger partial charge >= 0.3 is 0 Å². The topological polar surface area (TPSA) is 49.3 Å². The number of carbonyl (C=O) groups is 1. The minimum Gasteiger partial charge on any atom is -0.392 e. The van der Waals surface area contributed by atoms with Gasteiger partial charge in [0, 0.05) is 0 Å². The smallest absolute Gasteiger partial charge is 0.228 e. The largest absolute Gasteiger partial charge is 0.392 e. The maximum atomic E-state index is 10.7. The van der Waals surface area contributed by atoms with Gasteiger partial charge in [-0.1, -0.05) is 6.08 Å². The van der Waals surface area contributed by atoms with E-state index < -0.39 is 6.10 Å². The highest BCUT2D eigenvalue weighted by atomic mass is 16.3. The summed E-state index contributed by atoms with van der Waals surface area (Å²) in [6.07, 6.45) is 1.07. The predicted molar refractivity (Wildman–Crippen MR) is 37.3 cm³/mol. The lowest BCUT2D eigenvalue weighted by molar-refractivity contribution is -0.138. The van der Waals surface area contributed by atoms with Crippen LogP contribution in [0.15, 0.2) is 12.7 Å². The highest BCUT2D eigenvalue weighted by molar-refractivity contribution is 5.87. The van der Waals surface area contributed by atoms with Crippen molar-refractivity contribution in [1.82, 2.24) is 5.32 Å². The molecule has 1 heterocycles. The van der Waals surface area contributed by atoms with E-state index in [0.29, 0.717) is 0 Å². The Morgan fingerprint density at radius 1 is 1.90 bits per heavy atom. The third-order valence-corrected chi connectivity index (χ3v) is 1.77. The van der Waals surface area contributed by atoms with E-state index in [-0.39, 0.29) is 17.9 Å². The summed E-state index contributed by atoms with van der Waals surface area (Å²) in [6, 6.07) is -0.0347. The highest BCUT2D eigenvalue weighted by Crippen LogP contribution is 2.19. The second-order valence-corrected chi connectivity index (χ2v) is 2.54. The fourth-order valence-electron chi connectivity index (χ4n) is 1.14. The number of rotatable bonds is 2. The minimum atomic E-state index is -0.572. The molecule has 2 N–H and O–H groups in total. The molecule has 1 aliphatic rings. The zero-order valence-electron chi connectivity index (χ0n) is 5.87. The van der Waals surface area contributed by atoms with Crippen molar-refractivity contribution in [2.45, 2.75) is 19.1 Å². The van der Waals surface area contributed by atoms with E-state index in [9.17, 15) is 4.79 Å². The molecule has 56 valence electrons. The van der Waals surface area contributed by atoms with E-state index in [1.165, 1.54) is 0 Å². The number of amides is 1. The SMILES string of the molecule is C=CC1NC(=O)C1[C@@H](C)O. The summed E-state index contributed by atoms with van der Waals surface area (Å²) < 4.78 is 0. The van der Waals surface area contributed by atoms with Crippen LogP contribution >= 0.6 is 0 Å². The van der Waals surface area contributed by atoms with Gasteiger partial charge in [0.15, 0.2) is 0 Å². The average Bonchev–Trinajstić information content (AvgIpc) is 1.80. The number of β-lactam (4-membered cyclic amide) rings is 1. The van der Waals surface area contributed by atoms with Gasteiger partial charge in [-0.05, 0) is 6.92 Å². The molecule has 0 aliphatic carbocycles. The molecule has 0 aromatic carbocycles. The average molecular weight is 141 g/mol. The van der Waals surface area contributed by atoms with Gasteiger partial charge in [-0.2, -0.15) is 0 Å². The second-order valence-electron chi connectivity index (χ2n) is 2.54. The zero-order valence-corrected chi connectivity index (χ0v) is 5.87. The molecule has 3 atom stereocenters. The van der Waals surface area contributed by atoms with Gasteiger partial charge < -0.3 is 10.4 Å². The van der Waals surface area contributed by atoms with E-state index in [1.54, 1.807) is 13.0 Å². The maximum absolute atomic E-state index is 10.7. The fraction of sp³-hybridized carbons (Fsp3) is 0.571. The summed E-state index contributed by atoms with van der Waals surface area (Å²) in [6.45, 7) is 5.13. The van der Waals surface area contributed by atoms with Gasteiger partial charge in [0.2, 0.25) is 5.91 Å². The second kappa shape index (κ2) is 2.42. The molecule has 0 aromatic rings. The first-order chi connectivity index (χ1) is 4.66. The molecule has 1 saturated heterocycles. The Morgan fingerprint density at radius 3 is 2.70 bits per heavy atom. The van der Waals surface area contributed by atoms with Crippen LogP contribution in [0, 0.1) is 5.92 Å². The molecule has 1 fully saturated rings. The van der Waals surface area contributed by atoms with Crippen LogP contribution < -0.4 is 5.32 Å². The van der Waals surface area contributed by atoms with Gasteiger partial charge in [0.25, 0.3) is 0 Å². The van der Waals surface area contributed by atoms with Crippen molar-refractivity contribution >= 4 is 5.91 Å². The Balaban J connectivity index is 2.55. The summed E-state index contributed by atoms with van der Waals surface area (Å²) in [5.41, 5.74) is 0. The van der Waals surface area contributed by atoms with Crippen LogP contribution in [0.5, 0.6) is 0 Å². The fourth-order valence-corrected chi connectivity index (χ4v) is 1.14. The summed E-state index contributed by atoms with van der Waals surface area (Å²) in [4.78, 5) is 10.7. The van der Waals surface area contributed by atoms with E-state index >= 15 is 0 Å². The molecule has 1 amide bonds. The molecular formula is C7H11NO2. The summed E-state index contributed by atoms with van der Waals surface area (Å²) in [5, 5.41) is 11.6. The van der Waals surface area contributed by atoms with Gasteiger partial charge in [-0.15, -0.1) is 6.58 Å². The van der Waals surface area contributed by atoms with E-state index in [2.05, 4.69) is 11.9 Å². The Morgan fingerprint density at radius 2 is 2.50 bits per heavy atom. The normalized spacial score (nSPS) is 34.0. The number of hydrogen-bond donors (Lipinski definition) is 2. The van der Waals surface area contributed by atoms with Crippen molar-refractivity contribution in [3.8, 4) is 0 Å². The molecule has 3 heteroatoms. The van der Waals surface area contributed by atoms with E-state index in [1.807, 2.05) is 0 Å². The molecule has 0 bridgehead atoms. The van der Waals surface area contributed by atoms with Crippen LogP contribution in [0.1, 0.15) is 6.92 Å². The lowest BCUT2D eigenvalue weighted by atomic mass is 9.86. The molecule has 0 spiro atoms. The number of hydrogen-bond acceptors (Lipinski definition) is 2. The van der Waals surface area contributed by atoms with Gasteiger partial charge in [0.1, 0.15) is 0 Å². The van der Waals surface area contributed by atoms with Crippen molar-refractivity contribution in [2.24, 2.45) is 5.92 Å². The first-order valence-electron chi connectivity index (χ1n) is 3.28. The van der Waals surface area contributed by atoms with Crippen LogP contribution in [0.4, 0.5) is 0 Å². The van der Waals surface area contributed by atoms with Crippen LogP contribution in [-0.2, 0) is 4.79 Å². The Hall–Kier alpha value is -0.830. The molecule has 1 aliphatic heterocycles. The number of aliphatic hydroxyl groups excluding tert-OH is 1. The number of nitrogens with one attached hydrogen (secondary N) is 1. The van der Waals surface area contributed by atoms with E-state index in [0.717, 1.165) is 0 Å². The van der Waals surface area contributed by atoms with Crippen LogP contribution in [0.2, 0.25) is 0 Å². The summed E-state index contributed by atoms with van der Waals surface area (Å²) in [5.74, 6) is -0.364. The Labute approximate surface area is 59.7 Å². The van der Waals surface area contributed by atoms with Crippen molar-refractivity contribution < 1.29 is 9.90 Å². The highest BCUT2D eigenvalue weighted by Gasteiger charge is 2.40. The lowest BCUT2D eigenvalue weighted by Crippen LogP contribution is -2.60. The molecule has 0 aromatic heterocycles. The molecule has 3 nitrogen and oxygen atoms in total. The maximum Gasteiger partial charge on any atom is 0.228 e. The molecule has 10 heavy (non-hydrogen) atoms. The van der Waals surface area contributed by atoms with Crippen molar-refractivity contribution in [2.75, 3.05) is 0 Å². The third kappa shape index (κ3) is 0.926. The third-order valence-electron chi connectivity index (χ3n) is 1.77. The van der Waals surface area contributed by atoms with E-state index in [4.69, 9.17) is 5.11 Å². The van der Waals surface area contributed by atoms with Crippen LogP contribution in [0.25, 0.3) is 0 Å². The Bertz CT molecular complexity index is 165. The first kappa shape index (κ1) is 7.28. The summed E-state index contributed by atoms with van der Waals surface area (Å²) in [7, 11) is 0.